The number of esters is 2. The van der Waals surface area contributed by atoms with Crippen LogP contribution < -0.4 is 5.32 Å². The molecule has 0 heterocycles. The first-order chi connectivity index (χ1) is 10.9. The molecule has 7 heteroatoms. The summed E-state index contributed by atoms with van der Waals surface area (Å²) >= 11 is 0. The number of hydrogen-bond acceptors (Lipinski definition) is 6. The maximum atomic E-state index is 11.4. The largest absolute Gasteiger partial charge is 0.465 e. The van der Waals surface area contributed by atoms with E-state index in [4.69, 9.17) is 14.2 Å². The molecule has 7 nitrogen and oxygen atoms in total. The Morgan fingerprint density at radius 2 is 1.65 bits per heavy atom. The summed E-state index contributed by atoms with van der Waals surface area (Å²) in [6, 6.07) is 0. The normalized spacial score (nSPS) is 11.3. The van der Waals surface area contributed by atoms with Crippen LogP contribution in [0.4, 0.5) is 4.79 Å². The van der Waals surface area contributed by atoms with Crippen molar-refractivity contribution < 1.29 is 28.6 Å². The van der Waals surface area contributed by atoms with Gasteiger partial charge in [-0.3, -0.25) is 4.79 Å². The van der Waals surface area contributed by atoms with E-state index < -0.39 is 12.1 Å². The molecule has 132 valence electrons. The summed E-state index contributed by atoms with van der Waals surface area (Å²) in [6.45, 7) is 9.53. The van der Waals surface area contributed by atoms with Crippen LogP contribution in [0.2, 0.25) is 0 Å². The summed E-state index contributed by atoms with van der Waals surface area (Å²) in [5.41, 5.74) is 0.307. The van der Waals surface area contributed by atoms with Gasteiger partial charge in [-0.2, -0.15) is 0 Å². The Hall–Kier alpha value is -2.05. The van der Waals surface area contributed by atoms with Crippen LogP contribution >= 0.6 is 0 Å². The molecule has 0 spiro atoms. The highest BCUT2D eigenvalue weighted by Crippen LogP contribution is 2.04. The molecule has 1 unspecified atom stereocenters. The van der Waals surface area contributed by atoms with E-state index in [-0.39, 0.29) is 31.6 Å². The number of nitrogens with one attached hydrogen (secondary N) is 1. The van der Waals surface area contributed by atoms with Gasteiger partial charge in [-0.05, 0) is 26.2 Å². The van der Waals surface area contributed by atoms with E-state index in [1.54, 1.807) is 6.92 Å². The summed E-state index contributed by atoms with van der Waals surface area (Å²) in [6.07, 6.45) is 1.41. The number of alkyl carbamates (subject to hydrolysis) is 1. The average molecular weight is 329 g/mol. The van der Waals surface area contributed by atoms with Crippen LogP contribution in [-0.2, 0) is 23.8 Å². The molecule has 0 aromatic heterocycles. The third-order valence-electron chi connectivity index (χ3n) is 2.98. The predicted octanol–water partition coefficient (Wildman–Crippen LogP) is 2.20. The van der Waals surface area contributed by atoms with Crippen LogP contribution in [0.15, 0.2) is 12.2 Å². The molecule has 0 aliphatic rings. The predicted molar refractivity (Wildman–Crippen MR) is 84.8 cm³/mol. The second-order valence-corrected chi connectivity index (χ2v) is 5.16. The van der Waals surface area contributed by atoms with Crippen molar-refractivity contribution in [1.82, 2.24) is 5.32 Å². The van der Waals surface area contributed by atoms with Crippen molar-refractivity contribution >= 4 is 18.0 Å². The van der Waals surface area contributed by atoms with Gasteiger partial charge < -0.3 is 19.5 Å². The summed E-state index contributed by atoms with van der Waals surface area (Å²) in [5, 5.41) is 2.46. The smallest absolute Gasteiger partial charge is 0.407 e. The summed E-state index contributed by atoms with van der Waals surface area (Å²) < 4.78 is 14.8. The van der Waals surface area contributed by atoms with Gasteiger partial charge in [-0.25, -0.2) is 9.59 Å². The zero-order chi connectivity index (χ0) is 17.7. The number of amides is 1. The molecule has 23 heavy (non-hydrogen) atoms. The van der Waals surface area contributed by atoms with Gasteiger partial charge in [0.05, 0.1) is 25.7 Å². The number of unbranched alkanes of at least 4 members (excludes halogenated alkanes) is 1. The average Bonchev–Trinajstić information content (AvgIpc) is 2.53. The van der Waals surface area contributed by atoms with Gasteiger partial charge in [-0.1, -0.05) is 20.4 Å². The van der Waals surface area contributed by atoms with Crippen molar-refractivity contribution in [3.8, 4) is 0 Å². The topological polar surface area (TPSA) is 90.9 Å². The molecule has 0 rings (SSSR count). The van der Waals surface area contributed by atoms with Crippen molar-refractivity contribution in [1.29, 1.82) is 0 Å². The molecular formula is C16H27NO6. The molecular weight excluding hydrogens is 302 g/mol. The fourth-order valence-electron chi connectivity index (χ4n) is 1.32. The molecule has 0 fully saturated rings. The minimum atomic E-state index is -0.576. The van der Waals surface area contributed by atoms with Gasteiger partial charge in [0.2, 0.25) is 0 Å². The van der Waals surface area contributed by atoms with E-state index >= 15 is 0 Å². The monoisotopic (exact) mass is 329 g/mol. The molecule has 0 aromatic rings. The maximum absolute atomic E-state index is 11.4. The quantitative estimate of drug-likeness (QED) is 0.270. The zero-order valence-corrected chi connectivity index (χ0v) is 14.2. The lowest BCUT2D eigenvalue weighted by Crippen LogP contribution is -2.29. The fraction of sp³-hybridized carbons (Fsp3) is 0.688. The van der Waals surface area contributed by atoms with E-state index in [0.717, 1.165) is 6.42 Å². The van der Waals surface area contributed by atoms with Gasteiger partial charge in [0, 0.05) is 5.57 Å². The maximum Gasteiger partial charge on any atom is 0.407 e. The number of rotatable bonds is 11. The number of ether oxygens (including phenoxy) is 3. The lowest BCUT2D eigenvalue weighted by molar-refractivity contribution is -0.148. The standard InChI is InChI=1S/C16H27NO6/c1-5-13(4)15(19)21-9-6-7-10-23-16(20)17-8-11-22-14(18)12(2)3/h13H,2,5-11H2,1,3-4H3,(H,17,20). The van der Waals surface area contributed by atoms with Gasteiger partial charge in [0.25, 0.3) is 0 Å². The Balaban J connectivity index is 3.49. The Morgan fingerprint density at radius 1 is 1.04 bits per heavy atom. The lowest BCUT2D eigenvalue weighted by Gasteiger charge is -2.09. The first kappa shape index (κ1) is 20.9. The summed E-state index contributed by atoms with van der Waals surface area (Å²) in [5.74, 6) is -0.779. The molecule has 1 atom stereocenters. The number of hydrogen-bond donors (Lipinski definition) is 1. The van der Waals surface area contributed by atoms with E-state index in [1.165, 1.54) is 0 Å². The Kier molecular flexibility index (Phi) is 11.4. The van der Waals surface area contributed by atoms with E-state index in [2.05, 4.69) is 11.9 Å². The fourth-order valence-corrected chi connectivity index (χ4v) is 1.32. The first-order valence-electron chi connectivity index (χ1n) is 7.78. The first-order valence-corrected chi connectivity index (χ1v) is 7.78. The van der Waals surface area contributed by atoms with Gasteiger partial charge in [0.1, 0.15) is 6.61 Å². The van der Waals surface area contributed by atoms with Crippen molar-refractivity contribution in [2.24, 2.45) is 5.92 Å². The van der Waals surface area contributed by atoms with Crippen LogP contribution in [0, 0.1) is 5.92 Å². The van der Waals surface area contributed by atoms with Gasteiger partial charge >= 0.3 is 18.0 Å². The minimum Gasteiger partial charge on any atom is -0.465 e. The third-order valence-corrected chi connectivity index (χ3v) is 2.98. The molecule has 0 aliphatic heterocycles. The van der Waals surface area contributed by atoms with Crippen LogP contribution in [0.3, 0.4) is 0 Å². The van der Waals surface area contributed by atoms with E-state index in [0.29, 0.717) is 25.0 Å². The summed E-state index contributed by atoms with van der Waals surface area (Å²) in [7, 11) is 0. The highest BCUT2D eigenvalue weighted by Gasteiger charge is 2.11. The van der Waals surface area contributed by atoms with E-state index in [9.17, 15) is 14.4 Å². The van der Waals surface area contributed by atoms with Crippen LogP contribution in [0.25, 0.3) is 0 Å². The molecule has 0 aliphatic carbocycles. The molecule has 0 bridgehead atoms. The van der Waals surface area contributed by atoms with Crippen molar-refractivity contribution in [2.45, 2.75) is 40.0 Å². The third kappa shape index (κ3) is 11.2. The second-order valence-electron chi connectivity index (χ2n) is 5.16. The summed E-state index contributed by atoms with van der Waals surface area (Å²) in [4.78, 5) is 33.8. The zero-order valence-electron chi connectivity index (χ0n) is 14.2. The SMILES string of the molecule is C=C(C)C(=O)OCCNC(=O)OCCCCOC(=O)C(C)CC. The second kappa shape index (κ2) is 12.5. The van der Waals surface area contributed by atoms with Crippen molar-refractivity contribution in [3.63, 3.8) is 0 Å². The molecule has 0 aromatic carbocycles. The Bertz CT molecular complexity index is 407. The Morgan fingerprint density at radius 3 is 2.22 bits per heavy atom. The molecule has 0 saturated heterocycles. The molecule has 1 amide bonds. The molecule has 0 radical (unpaired) electrons. The van der Waals surface area contributed by atoms with Crippen molar-refractivity contribution in [3.05, 3.63) is 12.2 Å². The highest BCUT2D eigenvalue weighted by atomic mass is 16.6. The lowest BCUT2D eigenvalue weighted by atomic mass is 10.1. The van der Waals surface area contributed by atoms with Crippen molar-refractivity contribution in [2.75, 3.05) is 26.4 Å². The van der Waals surface area contributed by atoms with Crippen LogP contribution in [0.5, 0.6) is 0 Å². The van der Waals surface area contributed by atoms with E-state index in [1.807, 2.05) is 13.8 Å². The van der Waals surface area contributed by atoms with Crippen LogP contribution in [0.1, 0.15) is 40.0 Å². The highest BCUT2D eigenvalue weighted by molar-refractivity contribution is 5.86. The van der Waals surface area contributed by atoms with Gasteiger partial charge in [-0.15, -0.1) is 0 Å². The Labute approximate surface area is 137 Å². The molecule has 1 N–H and O–H groups in total. The minimum absolute atomic E-state index is 0.0619. The van der Waals surface area contributed by atoms with Crippen LogP contribution in [-0.4, -0.2) is 44.4 Å². The van der Waals surface area contributed by atoms with Gasteiger partial charge in [0.15, 0.2) is 0 Å². The number of carbonyl (C=O) groups excluding carboxylic acids is 3. The molecule has 0 saturated carbocycles. The number of carbonyl (C=O) groups is 3.